The second kappa shape index (κ2) is 6.27. The molecule has 106 valence electrons. The third kappa shape index (κ3) is 3.14. The van der Waals surface area contributed by atoms with Gasteiger partial charge in [0.2, 0.25) is 0 Å². The van der Waals surface area contributed by atoms with Crippen LogP contribution in [0.4, 0.5) is 5.82 Å². The molecule has 0 bridgehead atoms. The Labute approximate surface area is 124 Å². The van der Waals surface area contributed by atoms with E-state index in [0.29, 0.717) is 0 Å². The van der Waals surface area contributed by atoms with Crippen LogP contribution in [-0.2, 0) is 0 Å². The van der Waals surface area contributed by atoms with E-state index in [0.717, 1.165) is 35.7 Å². The van der Waals surface area contributed by atoms with Crippen LogP contribution in [0.2, 0.25) is 0 Å². The summed E-state index contributed by atoms with van der Waals surface area (Å²) in [5.41, 5.74) is 0. The molecule has 0 saturated heterocycles. The first-order valence-corrected chi connectivity index (χ1v) is 7.22. The minimum Gasteiger partial charge on any atom is -0.457 e. The molecule has 3 heteroatoms. The molecular formula is C18H18N2O. The lowest BCUT2D eigenvalue weighted by molar-refractivity contribution is 0.488. The molecule has 0 spiro atoms. The highest BCUT2D eigenvalue weighted by Crippen LogP contribution is 2.30. The summed E-state index contributed by atoms with van der Waals surface area (Å²) < 4.78 is 6.03. The van der Waals surface area contributed by atoms with Gasteiger partial charge in [-0.15, -0.1) is 0 Å². The summed E-state index contributed by atoms with van der Waals surface area (Å²) in [7, 11) is 0. The summed E-state index contributed by atoms with van der Waals surface area (Å²) in [5.74, 6) is 2.50. The minimum atomic E-state index is 0.792. The Bertz CT molecular complexity index is 735. The van der Waals surface area contributed by atoms with Crippen LogP contribution in [0.25, 0.3) is 10.8 Å². The Morgan fingerprint density at radius 1 is 1.05 bits per heavy atom. The van der Waals surface area contributed by atoms with E-state index in [9.17, 15) is 0 Å². The monoisotopic (exact) mass is 278 g/mol. The van der Waals surface area contributed by atoms with Crippen molar-refractivity contribution in [3.8, 4) is 11.5 Å². The number of hydrogen-bond acceptors (Lipinski definition) is 3. The Balaban J connectivity index is 1.88. The molecule has 1 heterocycles. The average molecular weight is 278 g/mol. The predicted octanol–water partition coefficient (Wildman–Crippen LogP) is 4.85. The van der Waals surface area contributed by atoms with E-state index in [2.05, 4.69) is 35.4 Å². The van der Waals surface area contributed by atoms with Gasteiger partial charge in [-0.25, -0.2) is 4.98 Å². The van der Waals surface area contributed by atoms with Crippen LogP contribution in [0.5, 0.6) is 11.5 Å². The molecule has 0 aliphatic heterocycles. The maximum absolute atomic E-state index is 6.03. The molecule has 3 rings (SSSR count). The van der Waals surface area contributed by atoms with E-state index >= 15 is 0 Å². The zero-order valence-corrected chi connectivity index (χ0v) is 12.0. The summed E-state index contributed by atoms with van der Waals surface area (Å²) in [4.78, 5) is 4.29. The molecular weight excluding hydrogens is 260 g/mol. The summed E-state index contributed by atoms with van der Waals surface area (Å²) in [6.07, 6.45) is 2.83. The first kappa shape index (κ1) is 13.4. The topological polar surface area (TPSA) is 34.1 Å². The summed E-state index contributed by atoms with van der Waals surface area (Å²) in [5, 5.41) is 5.55. The highest BCUT2D eigenvalue weighted by molar-refractivity contribution is 5.88. The lowest BCUT2D eigenvalue weighted by Gasteiger charge is -2.10. The molecule has 21 heavy (non-hydrogen) atoms. The van der Waals surface area contributed by atoms with Crippen molar-refractivity contribution in [1.29, 1.82) is 0 Å². The molecule has 3 nitrogen and oxygen atoms in total. The highest BCUT2D eigenvalue weighted by Gasteiger charge is 2.04. The molecule has 0 atom stereocenters. The fraction of sp³-hybridized carbons (Fsp3) is 0.167. The number of nitrogens with one attached hydrogen (secondary N) is 1. The van der Waals surface area contributed by atoms with E-state index in [-0.39, 0.29) is 0 Å². The summed E-state index contributed by atoms with van der Waals surface area (Å²) in [6.45, 7) is 3.04. The Morgan fingerprint density at radius 2 is 1.90 bits per heavy atom. The fourth-order valence-electron chi connectivity index (χ4n) is 2.24. The first-order valence-electron chi connectivity index (χ1n) is 7.22. The number of aromatic nitrogens is 1. The summed E-state index contributed by atoms with van der Waals surface area (Å²) >= 11 is 0. The van der Waals surface area contributed by atoms with Crippen LogP contribution < -0.4 is 10.1 Å². The van der Waals surface area contributed by atoms with Crippen LogP contribution >= 0.6 is 0 Å². The molecule has 0 aliphatic rings. The Morgan fingerprint density at radius 3 is 2.81 bits per heavy atom. The van der Waals surface area contributed by atoms with Gasteiger partial charge in [0.15, 0.2) is 0 Å². The second-order valence-electron chi connectivity index (χ2n) is 4.88. The number of fused-ring (bicyclic) bond motifs is 1. The van der Waals surface area contributed by atoms with Gasteiger partial charge in [0.1, 0.15) is 17.3 Å². The van der Waals surface area contributed by atoms with Gasteiger partial charge >= 0.3 is 0 Å². The number of rotatable bonds is 5. The van der Waals surface area contributed by atoms with Crippen molar-refractivity contribution in [3.05, 3.63) is 60.8 Å². The molecule has 0 amide bonds. The fourth-order valence-corrected chi connectivity index (χ4v) is 2.24. The van der Waals surface area contributed by atoms with Crippen molar-refractivity contribution in [2.24, 2.45) is 0 Å². The number of anilines is 1. The van der Waals surface area contributed by atoms with Crippen molar-refractivity contribution < 1.29 is 4.74 Å². The standard InChI is InChI=1S/C18H18N2O/c1-2-11-19-18-13-15(10-12-20-18)21-17-9-5-7-14-6-3-4-8-16(14)17/h3-10,12-13H,2,11H2,1H3,(H,19,20). The van der Waals surface area contributed by atoms with E-state index in [1.54, 1.807) is 6.20 Å². The van der Waals surface area contributed by atoms with Crippen LogP contribution in [0.1, 0.15) is 13.3 Å². The number of benzene rings is 2. The van der Waals surface area contributed by atoms with Gasteiger partial charge < -0.3 is 10.1 Å². The minimum absolute atomic E-state index is 0.792. The first-order chi connectivity index (χ1) is 10.4. The third-order valence-corrected chi connectivity index (χ3v) is 3.26. The van der Waals surface area contributed by atoms with Crippen molar-refractivity contribution in [3.63, 3.8) is 0 Å². The van der Waals surface area contributed by atoms with Gasteiger partial charge in [-0.05, 0) is 23.9 Å². The molecule has 0 radical (unpaired) electrons. The largest absolute Gasteiger partial charge is 0.457 e. The molecule has 2 aromatic carbocycles. The molecule has 1 N–H and O–H groups in total. The van der Waals surface area contributed by atoms with Gasteiger partial charge in [-0.3, -0.25) is 0 Å². The SMILES string of the molecule is CCCNc1cc(Oc2cccc3ccccc23)ccn1. The van der Waals surface area contributed by atoms with Crippen LogP contribution in [0.3, 0.4) is 0 Å². The molecule has 0 unspecified atom stereocenters. The van der Waals surface area contributed by atoms with Gasteiger partial charge in [-0.2, -0.15) is 0 Å². The smallest absolute Gasteiger partial charge is 0.135 e. The average Bonchev–Trinajstić information content (AvgIpc) is 2.54. The van der Waals surface area contributed by atoms with E-state index in [1.807, 2.05) is 36.4 Å². The summed E-state index contributed by atoms with van der Waals surface area (Å²) in [6, 6.07) is 18.1. The van der Waals surface area contributed by atoms with Crippen molar-refractivity contribution in [2.75, 3.05) is 11.9 Å². The Kier molecular flexibility index (Phi) is 4.01. The van der Waals surface area contributed by atoms with Crippen LogP contribution in [0.15, 0.2) is 60.8 Å². The zero-order chi connectivity index (χ0) is 14.5. The molecule has 0 aliphatic carbocycles. The van der Waals surface area contributed by atoms with Crippen molar-refractivity contribution in [1.82, 2.24) is 4.98 Å². The Hall–Kier alpha value is -2.55. The number of ether oxygens (including phenoxy) is 1. The van der Waals surface area contributed by atoms with E-state index in [4.69, 9.17) is 4.74 Å². The maximum Gasteiger partial charge on any atom is 0.135 e. The maximum atomic E-state index is 6.03. The van der Waals surface area contributed by atoms with Gasteiger partial charge in [0, 0.05) is 24.2 Å². The van der Waals surface area contributed by atoms with Gasteiger partial charge in [0.25, 0.3) is 0 Å². The van der Waals surface area contributed by atoms with Crippen molar-refractivity contribution >= 4 is 16.6 Å². The quantitative estimate of drug-likeness (QED) is 0.724. The van der Waals surface area contributed by atoms with E-state index < -0.39 is 0 Å². The molecule has 3 aromatic rings. The van der Waals surface area contributed by atoms with Gasteiger partial charge in [0.05, 0.1) is 0 Å². The van der Waals surface area contributed by atoms with Crippen LogP contribution in [-0.4, -0.2) is 11.5 Å². The molecule has 1 aromatic heterocycles. The number of pyridine rings is 1. The normalized spacial score (nSPS) is 10.5. The molecule has 0 saturated carbocycles. The number of hydrogen-bond donors (Lipinski definition) is 1. The predicted molar refractivity (Wildman–Crippen MR) is 87.0 cm³/mol. The zero-order valence-electron chi connectivity index (χ0n) is 12.0. The van der Waals surface area contributed by atoms with Crippen molar-refractivity contribution in [2.45, 2.75) is 13.3 Å². The second-order valence-corrected chi connectivity index (χ2v) is 4.88. The van der Waals surface area contributed by atoms with Crippen LogP contribution in [0, 0.1) is 0 Å². The number of nitrogens with zero attached hydrogens (tertiary/aromatic N) is 1. The van der Waals surface area contributed by atoms with E-state index in [1.165, 1.54) is 5.39 Å². The lowest BCUT2D eigenvalue weighted by atomic mass is 10.1. The molecule has 0 fully saturated rings. The highest BCUT2D eigenvalue weighted by atomic mass is 16.5. The lowest BCUT2D eigenvalue weighted by Crippen LogP contribution is -2.01. The van der Waals surface area contributed by atoms with Gasteiger partial charge in [-0.1, -0.05) is 43.3 Å². The third-order valence-electron chi connectivity index (χ3n) is 3.26.